The van der Waals surface area contributed by atoms with E-state index < -0.39 is 15.8 Å². The van der Waals surface area contributed by atoms with Crippen LogP contribution in [0.2, 0.25) is 0 Å². The summed E-state index contributed by atoms with van der Waals surface area (Å²) in [5, 5.41) is 10.1. The second-order valence-corrected chi connectivity index (χ2v) is 8.55. The minimum Gasteiger partial charge on any atom is -0.382 e. The van der Waals surface area contributed by atoms with Gasteiger partial charge in [-0.25, -0.2) is 12.4 Å². The molecule has 29 heavy (non-hydrogen) atoms. The third kappa shape index (κ3) is 3.67. The molecule has 148 valence electrons. The van der Waals surface area contributed by atoms with Gasteiger partial charge in [-0.1, -0.05) is 37.3 Å². The van der Waals surface area contributed by atoms with E-state index in [4.69, 9.17) is 0 Å². The molecular weight excluding hydrogens is 386 g/mol. The normalized spacial score (nSPS) is 12.0. The van der Waals surface area contributed by atoms with Gasteiger partial charge in [0.2, 0.25) is 5.78 Å². The van der Waals surface area contributed by atoms with Gasteiger partial charge in [0, 0.05) is 25.7 Å². The summed E-state index contributed by atoms with van der Waals surface area (Å²) < 4.78 is 28.0. The number of hydrogen-bond acceptors (Lipinski definition) is 5. The van der Waals surface area contributed by atoms with E-state index in [1.165, 1.54) is 18.3 Å². The van der Waals surface area contributed by atoms with E-state index in [9.17, 15) is 18.5 Å². The number of nitrogens with zero attached hydrogens (tertiary/aromatic N) is 3. The molecule has 0 amide bonds. The van der Waals surface area contributed by atoms with Gasteiger partial charge in [0.15, 0.2) is 0 Å². The van der Waals surface area contributed by atoms with Crippen LogP contribution in [0.25, 0.3) is 10.9 Å². The number of carbonyl (C=O) groups excluding carboxylic acids is 1. The molecule has 0 aliphatic carbocycles. The first-order valence-electron chi connectivity index (χ1n) is 9.08. The monoisotopic (exact) mass is 407 g/mol. The highest BCUT2D eigenvalue weighted by atomic mass is 32.2. The zero-order valence-corrected chi connectivity index (χ0v) is 17.3. The predicted molar refractivity (Wildman–Crippen MR) is 112 cm³/mol. The van der Waals surface area contributed by atoms with E-state index in [1.807, 2.05) is 19.1 Å². The number of hydrogen-bond donors (Lipinski definition) is 0. The number of rotatable bonds is 6. The number of fused-ring (bicyclic) bond motifs is 1. The third-order valence-electron chi connectivity index (χ3n) is 4.54. The highest BCUT2D eigenvalue weighted by molar-refractivity contribution is 7.90. The molecule has 7 heteroatoms. The molecule has 0 saturated heterocycles. The Kier molecular flexibility index (Phi) is 5.57. The average Bonchev–Trinajstić information content (AvgIpc) is 3.12. The summed E-state index contributed by atoms with van der Waals surface area (Å²) in [5.74, 6) is -0.640. The number of ketones is 1. The minimum absolute atomic E-state index is 0.0561. The van der Waals surface area contributed by atoms with Gasteiger partial charge in [-0.05, 0) is 36.2 Å². The molecule has 1 heterocycles. The van der Waals surface area contributed by atoms with Gasteiger partial charge in [0.25, 0.3) is 10.0 Å². The second-order valence-electron chi connectivity index (χ2n) is 6.76. The maximum absolute atomic E-state index is 13.5. The highest BCUT2D eigenvalue weighted by Gasteiger charge is 2.28. The standard InChI is InChI=1S/C22H21N3O3S/c1-4-16-9-8-12-20-19(16)13-21(22(26)17(14-23)15-24(2)3)25(20)29(27,28)18-10-6-5-7-11-18/h5-13,15H,4H2,1-3H3/b17-15+. The first-order valence-corrected chi connectivity index (χ1v) is 10.5. The Balaban J connectivity index is 2.38. The Morgan fingerprint density at radius 3 is 2.41 bits per heavy atom. The first kappa shape index (κ1) is 20.4. The summed E-state index contributed by atoms with van der Waals surface area (Å²) >= 11 is 0. The molecule has 0 fully saturated rings. The summed E-state index contributed by atoms with van der Waals surface area (Å²) in [6.45, 7) is 1.96. The van der Waals surface area contributed by atoms with E-state index >= 15 is 0 Å². The lowest BCUT2D eigenvalue weighted by atomic mass is 10.1. The lowest BCUT2D eigenvalue weighted by Gasteiger charge is -2.12. The van der Waals surface area contributed by atoms with E-state index in [0.29, 0.717) is 17.3 Å². The summed E-state index contributed by atoms with van der Waals surface area (Å²) in [6, 6.07) is 16.8. The van der Waals surface area contributed by atoms with Gasteiger partial charge in [-0.15, -0.1) is 0 Å². The zero-order valence-electron chi connectivity index (χ0n) is 16.5. The largest absolute Gasteiger partial charge is 0.382 e. The van der Waals surface area contributed by atoms with Gasteiger partial charge in [0.1, 0.15) is 17.3 Å². The van der Waals surface area contributed by atoms with Gasteiger partial charge in [-0.3, -0.25) is 4.79 Å². The zero-order chi connectivity index (χ0) is 21.2. The van der Waals surface area contributed by atoms with Gasteiger partial charge in [-0.2, -0.15) is 5.26 Å². The molecule has 1 aromatic heterocycles. The van der Waals surface area contributed by atoms with Crippen molar-refractivity contribution >= 4 is 26.7 Å². The van der Waals surface area contributed by atoms with Crippen LogP contribution >= 0.6 is 0 Å². The van der Waals surface area contributed by atoms with E-state index in [2.05, 4.69) is 0 Å². The fraction of sp³-hybridized carbons (Fsp3) is 0.182. The molecule has 2 aromatic carbocycles. The van der Waals surface area contributed by atoms with Gasteiger partial charge in [0.05, 0.1) is 10.4 Å². The average molecular weight is 407 g/mol. The van der Waals surface area contributed by atoms with Crippen LogP contribution in [-0.4, -0.2) is 37.2 Å². The Morgan fingerprint density at radius 1 is 1.14 bits per heavy atom. The van der Waals surface area contributed by atoms with E-state index in [-0.39, 0.29) is 16.2 Å². The third-order valence-corrected chi connectivity index (χ3v) is 6.28. The van der Waals surface area contributed by atoms with Crippen molar-refractivity contribution in [2.24, 2.45) is 0 Å². The Bertz CT molecular complexity index is 1250. The second kappa shape index (κ2) is 7.94. The van der Waals surface area contributed by atoms with Crippen molar-refractivity contribution in [3.8, 4) is 6.07 Å². The van der Waals surface area contributed by atoms with Crippen LogP contribution < -0.4 is 0 Å². The molecule has 0 unspecified atom stereocenters. The quantitative estimate of drug-likeness (QED) is 0.354. The topological polar surface area (TPSA) is 83.2 Å². The number of benzene rings is 2. The Labute approximate surface area is 170 Å². The van der Waals surface area contributed by atoms with Gasteiger partial charge >= 0.3 is 0 Å². The van der Waals surface area contributed by atoms with Crippen molar-refractivity contribution in [3.05, 3.63) is 77.6 Å². The summed E-state index contributed by atoms with van der Waals surface area (Å²) in [4.78, 5) is 14.8. The molecule has 3 rings (SSSR count). The summed E-state index contributed by atoms with van der Waals surface area (Å²) in [5.41, 5.74) is 1.15. The van der Waals surface area contributed by atoms with Crippen molar-refractivity contribution in [1.29, 1.82) is 5.26 Å². The summed E-state index contributed by atoms with van der Waals surface area (Å²) in [6.07, 6.45) is 2.07. The van der Waals surface area contributed by atoms with E-state index in [1.54, 1.807) is 55.4 Å². The van der Waals surface area contributed by atoms with Crippen molar-refractivity contribution in [2.75, 3.05) is 14.1 Å². The number of aromatic nitrogens is 1. The van der Waals surface area contributed by atoms with Crippen LogP contribution in [-0.2, 0) is 16.4 Å². The molecule has 6 nitrogen and oxygen atoms in total. The number of aryl methyl sites for hydroxylation is 1. The maximum Gasteiger partial charge on any atom is 0.268 e. The molecule has 0 radical (unpaired) electrons. The number of allylic oxidation sites excluding steroid dienone is 1. The molecule has 0 atom stereocenters. The van der Waals surface area contributed by atoms with Gasteiger partial charge < -0.3 is 4.90 Å². The Hall–Kier alpha value is -3.37. The highest BCUT2D eigenvalue weighted by Crippen LogP contribution is 2.29. The van der Waals surface area contributed by atoms with Crippen LogP contribution in [0.1, 0.15) is 23.0 Å². The SMILES string of the molecule is CCc1cccc2c1cc(C(=O)/C(C#N)=C/N(C)C)n2S(=O)(=O)c1ccccc1. The molecule has 3 aromatic rings. The predicted octanol–water partition coefficient (Wildman–Crippen LogP) is 3.59. The van der Waals surface area contributed by atoms with Crippen LogP contribution in [0.5, 0.6) is 0 Å². The minimum atomic E-state index is -4.05. The first-order chi connectivity index (χ1) is 13.8. The smallest absolute Gasteiger partial charge is 0.268 e. The number of nitriles is 1. The fourth-order valence-corrected chi connectivity index (χ4v) is 4.75. The molecule has 0 bridgehead atoms. The van der Waals surface area contributed by atoms with E-state index in [0.717, 1.165) is 9.54 Å². The van der Waals surface area contributed by atoms with Crippen LogP contribution in [0.4, 0.5) is 0 Å². The maximum atomic E-state index is 13.5. The van der Waals surface area contributed by atoms with Crippen LogP contribution in [0.3, 0.4) is 0 Å². The molecule has 0 N–H and O–H groups in total. The number of carbonyl (C=O) groups is 1. The molecule has 0 spiro atoms. The number of Topliss-reactive ketones (excluding diaryl/α,β-unsaturated/α-hetero) is 1. The molecule has 0 aliphatic rings. The Morgan fingerprint density at radius 2 is 1.83 bits per heavy atom. The fourth-order valence-electron chi connectivity index (χ4n) is 3.23. The van der Waals surface area contributed by atoms with Crippen molar-refractivity contribution in [3.63, 3.8) is 0 Å². The van der Waals surface area contributed by atoms with Crippen molar-refractivity contribution in [1.82, 2.24) is 8.87 Å². The molecular formula is C22H21N3O3S. The molecule has 0 saturated carbocycles. The van der Waals surface area contributed by atoms with Crippen LogP contribution in [0.15, 0.2) is 71.3 Å². The molecule has 0 aliphatic heterocycles. The summed E-state index contributed by atoms with van der Waals surface area (Å²) in [7, 11) is -0.666. The van der Waals surface area contributed by atoms with Crippen molar-refractivity contribution in [2.45, 2.75) is 18.2 Å². The lowest BCUT2D eigenvalue weighted by Crippen LogP contribution is -2.20. The van der Waals surface area contributed by atoms with Crippen molar-refractivity contribution < 1.29 is 13.2 Å². The lowest BCUT2D eigenvalue weighted by molar-refractivity contribution is 0.103. The van der Waals surface area contributed by atoms with Crippen LogP contribution in [0, 0.1) is 11.3 Å².